The van der Waals surface area contributed by atoms with Gasteiger partial charge in [-0.05, 0) is 12.3 Å². The van der Waals surface area contributed by atoms with Crippen molar-refractivity contribution in [1.29, 1.82) is 0 Å². The van der Waals surface area contributed by atoms with Gasteiger partial charge in [-0.1, -0.05) is 13.8 Å². The largest absolute Gasteiger partial charge is 0.467 e. The molecule has 8 nitrogen and oxygen atoms in total. The summed E-state index contributed by atoms with van der Waals surface area (Å²) in [6.07, 6.45) is -0.390. The number of amides is 3. The fraction of sp³-hybridized carbons (Fsp3) is 0.786. The van der Waals surface area contributed by atoms with Gasteiger partial charge in [-0.15, -0.1) is 0 Å². The Kier molecular flexibility index (Phi) is 6.01. The molecule has 0 aromatic carbocycles. The second-order valence-electron chi connectivity index (χ2n) is 5.89. The molecule has 2 atom stereocenters. The molecule has 0 aliphatic carbocycles. The van der Waals surface area contributed by atoms with Gasteiger partial charge in [0.15, 0.2) is 0 Å². The maximum absolute atomic E-state index is 12.6. The molecule has 1 saturated heterocycles. The van der Waals surface area contributed by atoms with Crippen molar-refractivity contribution in [1.82, 2.24) is 14.7 Å². The van der Waals surface area contributed by atoms with Crippen LogP contribution in [0.4, 0.5) is 9.59 Å². The van der Waals surface area contributed by atoms with Gasteiger partial charge in [0.05, 0.1) is 13.2 Å². The van der Waals surface area contributed by atoms with E-state index in [0.29, 0.717) is 13.0 Å². The first-order valence-electron chi connectivity index (χ1n) is 7.26. The van der Waals surface area contributed by atoms with Crippen molar-refractivity contribution in [3.05, 3.63) is 0 Å². The Bertz CT molecular complexity index is 440. The van der Waals surface area contributed by atoms with Crippen LogP contribution in [0.5, 0.6) is 0 Å². The number of hydrogen-bond donors (Lipinski definition) is 1. The summed E-state index contributed by atoms with van der Waals surface area (Å²) in [5.74, 6) is -0.549. The Labute approximate surface area is 130 Å². The molecule has 0 radical (unpaired) electrons. The van der Waals surface area contributed by atoms with Crippen LogP contribution in [0.1, 0.15) is 20.3 Å². The van der Waals surface area contributed by atoms with Crippen molar-refractivity contribution >= 4 is 18.1 Å². The number of likely N-dealkylation sites (tertiary alicyclic amines) is 1. The number of likely N-dealkylation sites (N-methyl/N-ethyl adjacent to an activating group) is 2. The number of rotatable bonds is 4. The summed E-state index contributed by atoms with van der Waals surface area (Å²) in [6.45, 7) is 4.38. The third kappa shape index (κ3) is 3.80. The molecule has 0 spiro atoms. The Morgan fingerprint density at radius 3 is 2.27 bits per heavy atom. The van der Waals surface area contributed by atoms with Gasteiger partial charge < -0.3 is 24.5 Å². The van der Waals surface area contributed by atoms with Crippen molar-refractivity contribution < 1.29 is 24.2 Å². The Morgan fingerprint density at radius 1 is 1.27 bits per heavy atom. The highest BCUT2D eigenvalue weighted by atomic mass is 16.5. The van der Waals surface area contributed by atoms with Gasteiger partial charge in [0.25, 0.3) is 0 Å². The molecule has 0 saturated carbocycles. The van der Waals surface area contributed by atoms with Gasteiger partial charge in [0.1, 0.15) is 6.04 Å². The molecule has 8 heteroatoms. The second kappa shape index (κ2) is 7.33. The number of nitrogens with zero attached hydrogens (tertiary/aromatic N) is 3. The van der Waals surface area contributed by atoms with E-state index < -0.39 is 18.1 Å². The molecular weight excluding hydrogens is 290 g/mol. The normalized spacial score (nSPS) is 19.0. The fourth-order valence-corrected chi connectivity index (χ4v) is 2.75. The summed E-state index contributed by atoms with van der Waals surface area (Å²) in [4.78, 5) is 39.5. The minimum absolute atomic E-state index is 0.0890. The van der Waals surface area contributed by atoms with E-state index in [1.807, 2.05) is 13.8 Å². The summed E-state index contributed by atoms with van der Waals surface area (Å²) in [5, 5.41) is 8.98. The standard InChI is InChI=1S/C14H25N3O5/c1-9(2)11(12(18)22-5)16(4)13(19)15(3)10-6-7-17(8-10)14(20)21/h9-11H,6-8H2,1-5H3,(H,20,21)/t10?,11-/m0/s1. The van der Waals surface area contributed by atoms with Crippen LogP contribution in [-0.2, 0) is 9.53 Å². The van der Waals surface area contributed by atoms with E-state index in [1.165, 1.54) is 21.8 Å². The van der Waals surface area contributed by atoms with Crippen LogP contribution in [-0.4, -0.2) is 84.3 Å². The highest BCUT2D eigenvalue weighted by Gasteiger charge is 2.36. The van der Waals surface area contributed by atoms with E-state index in [-0.39, 0.29) is 24.5 Å². The first-order chi connectivity index (χ1) is 10.2. The first kappa shape index (κ1) is 18.1. The van der Waals surface area contributed by atoms with Crippen LogP contribution in [0, 0.1) is 5.92 Å². The molecule has 0 bridgehead atoms. The van der Waals surface area contributed by atoms with Gasteiger partial charge >= 0.3 is 18.1 Å². The summed E-state index contributed by atoms with van der Waals surface area (Å²) >= 11 is 0. The van der Waals surface area contributed by atoms with Crippen molar-refractivity contribution in [2.24, 2.45) is 5.92 Å². The molecule has 1 heterocycles. The van der Waals surface area contributed by atoms with Crippen molar-refractivity contribution in [3.8, 4) is 0 Å². The molecule has 0 aromatic heterocycles. The van der Waals surface area contributed by atoms with Crippen LogP contribution in [0.25, 0.3) is 0 Å². The molecule has 0 aromatic rings. The van der Waals surface area contributed by atoms with Gasteiger partial charge in [0, 0.05) is 27.2 Å². The topological polar surface area (TPSA) is 90.4 Å². The second-order valence-corrected chi connectivity index (χ2v) is 5.89. The van der Waals surface area contributed by atoms with E-state index in [2.05, 4.69) is 0 Å². The van der Waals surface area contributed by atoms with Gasteiger partial charge in [-0.25, -0.2) is 14.4 Å². The van der Waals surface area contributed by atoms with Gasteiger partial charge in [-0.3, -0.25) is 0 Å². The zero-order valence-corrected chi connectivity index (χ0v) is 13.8. The average Bonchev–Trinajstić information content (AvgIpc) is 2.95. The Morgan fingerprint density at radius 2 is 1.86 bits per heavy atom. The maximum atomic E-state index is 12.6. The molecule has 1 aliphatic rings. The average molecular weight is 315 g/mol. The van der Waals surface area contributed by atoms with E-state index >= 15 is 0 Å². The quantitative estimate of drug-likeness (QED) is 0.779. The number of esters is 1. The molecule has 22 heavy (non-hydrogen) atoms. The van der Waals surface area contributed by atoms with Crippen LogP contribution in [0.15, 0.2) is 0 Å². The highest BCUT2D eigenvalue weighted by molar-refractivity contribution is 5.83. The summed E-state index contributed by atoms with van der Waals surface area (Å²) in [7, 11) is 4.48. The van der Waals surface area contributed by atoms with E-state index in [9.17, 15) is 14.4 Å². The maximum Gasteiger partial charge on any atom is 0.407 e. The predicted molar refractivity (Wildman–Crippen MR) is 79.6 cm³/mol. The minimum atomic E-state index is -0.980. The number of carboxylic acid groups (broad SMARTS) is 1. The monoisotopic (exact) mass is 315 g/mol. The number of urea groups is 1. The molecule has 1 rings (SSSR count). The lowest BCUT2D eigenvalue weighted by atomic mass is 10.0. The summed E-state index contributed by atoms with van der Waals surface area (Å²) in [6, 6.07) is -1.17. The van der Waals surface area contributed by atoms with E-state index in [0.717, 1.165) is 0 Å². The number of carbonyl (C=O) groups is 3. The molecule has 126 valence electrons. The Balaban J connectivity index is 2.77. The van der Waals surface area contributed by atoms with Crippen LogP contribution >= 0.6 is 0 Å². The highest BCUT2D eigenvalue weighted by Crippen LogP contribution is 2.18. The van der Waals surface area contributed by atoms with Crippen LogP contribution in [0.2, 0.25) is 0 Å². The zero-order valence-electron chi connectivity index (χ0n) is 13.8. The molecular formula is C14H25N3O5. The van der Waals surface area contributed by atoms with Crippen LogP contribution < -0.4 is 0 Å². The van der Waals surface area contributed by atoms with Gasteiger partial charge in [-0.2, -0.15) is 0 Å². The van der Waals surface area contributed by atoms with Gasteiger partial charge in [0.2, 0.25) is 0 Å². The first-order valence-corrected chi connectivity index (χ1v) is 7.26. The minimum Gasteiger partial charge on any atom is -0.467 e. The summed E-state index contributed by atoms with van der Waals surface area (Å²) in [5.41, 5.74) is 0. The lowest BCUT2D eigenvalue weighted by molar-refractivity contribution is -0.147. The van der Waals surface area contributed by atoms with Crippen molar-refractivity contribution in [3.63, 3.8) is 0 Å². The van der Waals surface area contributed by atoms with Crippen molar-refractivity contribution in [2.45, 2.75) is 32.4 Å². The fourth-order valence-electron chi connectivity index (χ4n) is 2.75. The van der Waals surface area contributed by atoms with Crippen molar-refractivity contribution in [2.75, 3.05) is 34.3 Å². The lowest BCUT2D eigenvalue weighted by Crippen LogP contribution is -2.53. The van der Waals surface area contributed by atoms with Crippen LogP contribution in [0.3, 0.4) is 0 Å². The number of carbonyl (C=O) groups excluding carboxylic acids is 2. The molecule has 1 N–H and O–H groups in total. The third-order valence-electron chi connectivity index (χ3n) is 4.08. The smallest absolute Gasteiger partial charge is 0.407 e. The summed E-state index contributed by atoms with van der Waals surface area (Å²) < 4.78 is 4.76. The molecule has 1 unspecified atom stereocenters. The van der Waals surface area contributed by atoms with E-state index in [1.54, 1.807) is 14.1 Å². The molecule has 1 fully saturated rings. The predicted octanol–water partition coefficient (Wildman–Crippen LogP) is 0.920. The number of hydrogen-bond acceptors (Lipinski definition) is 4. The van der Waals surface area contributed by atoms with E-state index in [4.69, 9.17) is 9.84 Å². The molecule has 3 amide bonds. The SMILES string of the molecule is COC(=O)[C@H](C(C)C)N(C)C(=O)N(C)C1CCN(C(=O)O)C1. The molecule has 1 aliphatic heterocycles. The Hall–Kier alpha value is -1.99. The third-order valence-corrected chi connectivity index (χ3v) is 4.08. The zero-order chi connectivity index (χ0) is 17.0. The number of ether oxygens (including phenoxy) is 1. The lowest BCUT2D eigenvalue weighted by Gasteiger charge is -2.34. The number of methoxy groups -OCH3 is 1.